The molecule has 8 heteroatoms. The molecule has 2 N–H and O–H groups in total. The summed E-state index contributed by atoms with van der Waals surface area (Å²) in [5.41, 5.74) is 0.548. The molecule has 0 saturated heterocycles. The number of rotatable bonds is 11. The minimum atomic E-state index is -0.538. The van der Waals surface area contributed by atoms with Crippen LogP contribution in [0.2, 0.25) is 0 Å². The first-order valence-corrected chi connectivity index (χ1v) is 10.1. The number of nitrogens with one attached hydrogen (secondary N) is 1. The standard InChI is InChI=1S/C20H31FN4O3/c1-3-4-9-17-19(21)18(24-14(2)23-17)11-22-20(27)16(12-25(28)13-26)10-15-7-5-6-8-15/h13,15-16,28H,3-12H2,1-2H3,(H,22,27)/t16-/m1/s1. The summed E-state index contributed by atoms with van der Waals surface area (Å²) < 4.78 is 14.6. The molecule has 0 aromatic carbocycles. The average Bonchev–Trinajstić information content (AvgIpc) is 3.19. The highest BCUT2D eigenvalue weighted by atomic mass is 19.1. The third-order valence-corrected chi connectivity index (χ3v) is 5.29. The van der Waals surface area contributed by atoms with Crippen molar-refractivity contribution in [3.05, 3.63) is 23.0 Å². The Hall–Kier alpha value is -2.09. The number of carbonyl (C=O) groups is 2. The Bertz CT molecular complexity index is 665. The van der Waals surface area contributed by atoms with Gasteiger partial charge in [0.25, 0.3) is 0 Å². The molecular weight excluding hydrogens is 363 g/mol. The fourth-order valence-electron chi connectivity index (χ4n) is 3.80. The van der Waals surface area contributed by atoms with Crippen LogP contribution in [0.3, 0.4) is 0 Å². The molecule has 156 valence electrons. The molecule has 2 amide bonds. The van der Waals surface area contributed by atoms with Crippen LogP contribution in [0, 0.1) is 24.6 Å². The summed E-state index contributed by atoms with van der Waals surface area (Å²) in [7, 11) is 0. The van der Waals surface area contributed by atoms with E-state index in [4.69, 9.17) is 0 Å². The van der Waals surface area contributed by atoms with Gasteiger partial charge in [-0.1, -0.05) is 39.0 Å². The maximum absolute atomic E-state index is 14.6. The molecule has 0 radical (unpaired) electrons. The molecule has 1 fully saturated rings. The molecule has 1 heterocycles. The fraction of sp³-hybridized carbons (Fsp3) is 0.700. The number of nitrogens with zero attached hydrogens (tertiary/aromatic N) is 3. The van der Waals surface area contributed by atoms with Crippen molar-refractivity contribution in [3.8, 4) is 0 Å². The fourth-order valence-corrected chi connectivity index (χ4v) is 3.80. The summed E-state index contributed by atoms with van der Waals surface area (Å²) in [5.74, 6) is -0.429. The Balaban J connectivity index is 2.04. The number of unbranched alkanes of at least 4 members (excludes halogenated alkanes) is 1. The monoisotopic (exact) mass is 394 g/mol. The Labute approximate surface area is 165 Å². The summed E-state index contributed by atoms with van der Waals surface area (Å²) in [5, 5.41) is 12.8. The van der Waals surface area contributed by atoms with Crippen molar-refractivity contribution in [2.45, 2.75) is 71.8 Å². The highest BCUT2D eigenvalue weighted by Crippen LogP contribution is 2.30. The van der Waals surface area contributed by atoms with E-state index >= 15 is 0 Å². The lowest BCUT2D eigenvalue weighted by atomic mass is 9.92. The van der Waals surface area contributed by atoms with Gasteiger partial charge in [0.2, 0.25) is 12.3 Å². The van der Waals surface area contributed by atoms with Gasteiger partial charge in [-0.3, -0.25) is 14.8 Å². The Kier molecular flexibility index (Phi) is 8.76. The van der Waals surface area contributed by atoms with Crippen LogP contribution < -0.4 is 5.32 Å². The van der Waals surface area contributed by atoms with E-state index in [9.17, 15) is 19.2 Å². The zero-order valence-corrected chi connectivity index (χ0v) is 16.8. The van der Waals surface area contributed by atoms with Crippen molar-refractivity contribution in [3.63, 3.8) is 0 Å². The molecule has 1 aromatic rings. The number of hydrogen-bond donors (Lipinski definition) is 2. The summed E-state index contributed by atoms with van der Waals surface area (Å²) in [6.07, 6.45) is 7.59. The molecule has 2 rings (SSSR count). The third kappa shape index (κ3) is 6.51. The predicted molar refractivity (Wildman–Crippen MR) is 102 cm³/mol. The second-order valence-electron chi connectivity index (χ2n) is 7.61. The summed E-state index contributed by atoms with van der Waals surface area (Å²) in [4.78, 5) is 31.8. The van der Waals surface area contributed by atoms with Crippen LogP contribution in [0.25, 0.3) is 0 Å². The van der Waals surface area contributed by atoms with E-state index in [1.165, 1.54) is 0 Å². The maximum atomic E-state index is 14.6. The van der Waals surface area contributed by atoms with Gasteiger partial charge in [-0.15, -0.1) is 0 Å². The number of carbonyl (C=O) groups excluding carboxylic acids is 2. The van der Waals surface area contributed by atoms with Gasteiger partial charge in [0.1, 0.15) is 5.82 Å². The van der Waals surface area contributed by atoms with E-state index < -0.39 is 11.7 Å². The van der Waals surface area contributed by atoms with Crippen molar-refractivity contribution >= 4 is 12.3 Å². The molecule has 0 bridgehead atoms. The number of hydroxylamine groups is 2. The smallest absolute Gasteiger partial charge is 0.233 e. The highest BCUT2D eigenvalue weighted by molar-refractivity contribution is 5.79. The van der Waals surface area contributed by atoms with Gasteiger partial charge in [0.15, 0.2) is 5.82 Å². The summed E-state index contributed by atoms with van der Waals surface area (Å²) in [6, 6.07) is 0. The normalized spacial score (nSPS) is 15.4. The number of amides is 2. The molecule has 1 atom stereocenters. The van der Waals surface area contributed by atoms with Crippen LogP contribution in [0.15, 0.2) is 0 Å². The highest BCUT2D eigenvalue weighted by Gasteiger charge is 2.27. The van der Waals surface area contributed by atoms with E-state index in [0.717, 1.165) is 38.5 Å². The van der Waals surface area contributed by atoms with E-state index in [0.29, 0.717) is 41.8 Å². The minimum absolute atomic E-state index is 0.0408. The lowest BCUT2D eigenvalue weighted by Gasteiger charge is -2.22. The predicted octanol–water partition coefficient (Wildman–Crippen LogP) is 2.93. The van der Waals surface area contributed by atoms with Crippen molar-refractivity contribution in [2.75, 3.05) is 6.54 Å². The summed E-state index contributed by atoms with van der Waals surface area (Å²) in [6.45, 7) is 3.62. The molecule has 1 aromatic heterocycles. The van der Waals surface area contributed by atoms with Gasteiger partial charge in [0.05, 0.1) is 30.4 Å². The number of aromatic nitrogens is 2. The Morgan fingerprint density at radius 3 is 2.68 bits per heavy atom. The third-order valence-electron chi connectivity index (χ3n) is 5.29. The van der Waals surface area contributed by atoms with Crippen LogP contribution in [0.1, 0.15) is 69.1 Å². The van der Waals surface area contributed by atoms with Crippen molar-refractivity contribution in [1.82, 2.24) is 20.3 Å². The molecule has 7 nitrogen and oxygen atoms in total. The Morgan fingerprint density at radius 1 is 1.36 bits per heavy atom. The van der Waals surface area contributed by atoms with Crippen molar-refractivity contribution in [1.29, 1.82) is 0 Å². The number of halogens is 1. The average molecular weight is 394 g/mol. The lowest BCUT2D eigenvalue weighted by Crippen LogP contribution is -2.38. The maximum Gasteiger partial charge on any atom is 0.233 e. The second kappa shape index (κ2) is 11.0. The zero-order valence-electron chi connectivity index (χ0n) is 16.8. The second-order valence-corrected chi connectivity index (χ2v) is 7.61. The topological polar surface area (TPSA) is 95.4 Å². The van der Waals surface area contributed by atoms with Crippen LogP contribution in [-0.4, -0.2) is 39.1 Å². The van der Waals surface area contributed by atoms with E-state index in [1.807, 2.05) is 6.92 Å². The first kappa shape index (κ1) is 22.2. The molecule has 1 aliphatic rings. The molecular formula is C20H31FN4O3. The SMILES string of the molecule is CCCCc1nc(C)nc(CNC(=O)[C@H](CC2CCCC2)CN(O)C=O)c1F. The van der Waals surface area contributed by atoms with Gasteiger partial charge >= 0.3 is 0 Å². The van der Waals surface area contributed by atoms with Crippen LogP contribution in [0.4, 0.5) is 4.39 Å². The minimum Gasteiger partial charge on any atom is -0.350 e. The van der Waals surface area contributed by atoms with Crippen LogP contribution >= 0.6 is 0 Å². The Morgan fingerprint density at radius 2 is 2.04 bits per heavy atom. The first-order valence-electron chi connectivity index (χ1n) is 10.1. The van der Waals surface area contributed by atoms with Gasteiger partial charge < -0.3 is 5.32 Å². The van der Waals surface area contributed by atoms with Crippen molar-refractivity contribution < 1.29 is 19.2 Å². The van der Waals surface area contributed by atoms with E-state index in [1.54, 1.807) is 6.92 Å². The largest absolute Gasteiger partial charge is 0.350 e. The summed E-state index contributed by atoms with van der Waals surface area (Å²) >= 11 is 0. The molecule has 0 aliphatic heterocycles. The van der Waals surface area contributed by atoms with Gasteiger partial charge in [-0.2, -0.15) is 0 Å². The van der Waals surface area contributed by atoms with Gasteiger partial charge in [0, 0.05) is 0 Å². The van der Waals surface area contributed by atoms with Crippen LogP contribution in [0.5, 0.6) is 0 Å². The molecule has 1 aliphatic carbocycles. The first-order chi connectivity index (χ1) is 13.4. The molecule has 0 unspecified atom stereocenters. The molecule has 1 saturated carbocycles. The van der Waals surface area contributed by atoms with E-state index in [2.05, 4.69) is 15.3 Å². The van der Waals surface area contributed by atoms with E-state index in [-0.39, 0.29) is 24.7 Å². The zero-order chi connectivity index (χ0) is 20.5. The number of aryl methyl sites for hydroxylation is 2. The quantitative estimate of drug-likeness (QED) is 0.342. The number of hydrogen-bond acceptors (Lipinski definition) is 5. The van der Waals surface area contributed by atoms with Crippen molar-refractivity contribution in [2.24, 2.45) is 11.8 Å². The lowest BCUT2D eigenvalue weighted by molar-refractivity contribution is -0.155. The van der Waals surface area contributed by atoms with Gasteiger partial charge in [-0.05, 0) is 32.1 Å². The molecule has 28 heavy (non-hydrogen) atoms. The van der Waals surface area contributed by atoms with Crippen LogP contribution in [-0.2, 0) is 22.6 Å². The molecule has 0 spiro atoms. The van der Waals surface area contributed by atoms with Gasteiger partial charge in [-0.25, -0.2) is 19.4 Å².